The van der Waals surface area contributed by atoms with E-state index in [1.807, 2.05) is 13.8 Å². The van der Waals surface area contributed by atoms with Gasteiger partial charge in [0.25, 0.3) is 0 Å². The van der Waals surface area contributed by atoms with Crippen molar-refractivity contribution >= 4 is 23.4 Å². The van der Waals surface area contributed by atoms with Gasteiger partial charge in [-0.1, -0.05) is 10.3 Å². The van der Waals surface area contributed by atoms with Gasteiger partial charge in [-0.15, -0.1) is 0 Å². The Morgan fingerprint density at radius 3 is 2.15 bits per heavy atom. The molecule has 8 heteroatoms. The number of nitrogens with one attached hydrogen (secondary N) is 2. The molecule has 3 rings (SSSR count). The molecule has 3 aromatic heterocycles. The molecule has 3 heterocycles. The van der Waals surface area contributed by atoms with E-state index >= 15 is 0 Å². The third-order valence-electron chi connectivity index (χ3n) is 2.41. The number of anilines is 4. The fraction of sp³-hybridized carbons (Fsp3) is 0.167. The summed E-state index contributed by atoms with van der Waals surface area (Å²) in [5.74, 6) is 3.57. The van der Waals surface area contributed by atoms with E-state index in [0.717, 1.165) is 5.76 Å². The normalized spacial score (nSPS) is 10.5. The highest BCUT2D eigenvalue weighted by atomic mass is 16.5. The lowest BCUT2D eigenvalue weighted by Gasteiger charge is -2.03. The molecule has 0 saturated heterocycles. The van der Waals surface area contributed by atoms with Crippen molar-refractivity contribution in [1.29, 1.82) is 0 Å². The second-order valence-corrected chi connectivity index (χ2v) is 4.16. The largest absolute Gasteiger partial charge is 0.360 e. The van der Waals surface area contributed by atoms with Crippen LogP contribution in [0.25, 0.3) is 0 Å². The maximum atomic E-state index is 4.97. The molecule has 0 fully saturated rings. The molecule has 0 radical (unpaired) electrons. The van der Waals surface area contributed by atoms with Crippen molar-refractivity contribution in [3.05, 3.63) is 35.9 Å². The van der Waals surface area contributed by atoms with Gasteiger partial charge in [0.2, 0.25) is 5.95 Å². The fourth-order valence-electron chi connectivity index (χ4n) is 1.58. The summed E-state index contributed by atoms with van der Waals surface area (Å²) < 4.78 is 9.93. The minimum atomic E-state index is 0.406. The molecule has 20 heavy (non-hydrogen) atoms. The number of rotatable bonds is 4. The molecular weight excluding hydrogens is 260 g/mol. The van der Waals surface area contributed by atoms with Crippen LogP contribution in [0.4, 0.5) is 23.4 Å². The monoisotopic (exact) mass is 272 g/mol. The number of aromatic nitrogens is 4. The fourth-order valence-corrected chi connectivity index (χ4v) is 1.58. The standard InChI is InChI=1S/C12H12N6O2/c1-7-5-10(17-19-7)14-9-3-4-13-12(15-9)16-11-6-8(2)20-18-11/h3-6H,1-2H3,(H2,13,14,15,16,17,18). The van der Waals surface area contributed by atoms with Gasteiger partial charge in [-0.3, -0.25) is 0 Å². The van der Waals surface area contributed by atoms with Gasteiger partial charge < -0.3 is 19.7 Å². The van der Waals surface area contributed by atoms with Crippen molar-refractivity contribution in [2.24, 2.45) is 0 Å². The molecule has 0 spiro atoms. The zero-order valence-corrected chi connectivity index (χ0v) is 10.9. The minimum Gasteiger partial charge on any atom is -0.360 e. The first-order chi connectivity index (χ1) is 9.69. The Kier molecular flexibility index (Phi) is 3.04. The topological polar surface area (TPSA) is 102 Å². The Morgan fingerprint density at radius 2 is 1.55 bits per heavy atom. The Hall–Kier alpha value is -2.90. The lowest BCUT2D eigenvalue weighted by atomic mass is 10.4. The summed E-state index contributed by atoms with van der Waals surface area (Å²) >= 11 is 0. The predicted octanol–water partition coefficient (Wildman–Crippen LogP) is 2.56. The third kappa shape index (κ3) is 2.74. The zero-order valence-electron chi connectivity index (χ0n) is 10.9. The molecule has 0 aliphatic carbocycles. The average Bonchev–Trinajstić information content (AvgIpc) is 2.99. The van der Waals surface area contributed by atoms with E-state index in [-0.39, 0.29) is 0 Å². The van der Waals surface area contributed by atoms with Gasteiger partial charge in [0.05, 0.1) is 0 Å². The molecule has 2 N–H and O–H groups in total. The molecule has 0 bridgehead atoms. The van der Waals surface area contributed by atoms with Crippen molar-refractivity contribution in [3.8, 4) is 0 Å². The molecule has 0 atom stereocenters. The molecule has 0 aromatic carbocycles. The highest BCUT2D eigenvalue weighted by Gasteiger charge is 2.05. The number of hydrogen-bond acceptors (Lipinski definition) is 8. The lowest BCUT2D eigenvalue weighted by molar-refractivity contribution is 0.400. The molecule has 0 amide bonds. The van der Waals surface area contributed by atoms with E-state index in [1.54, 1.807) is 24.4 Å². The van der Waals surface area contributed by atoms with Crippen molar-refractivity contribution in [1.82, 2.24) is 20.3 Å². The number of hydrogen-bond donors (Lipinski definition) is 2. The summed E-state index contributed by atoms with van der Waals surface area (Å²) in [6, 6.07) is 5.25. The summed E-state index contributed by atoms with van der Waals surface area (Å²) in [5.41, 5.74) is 0. The highest BCUT2D eigenvalue weighted by Crippen LogP contribution is 2.17. The minimum absolute atomic E-state index is 0.406. The second kappa shape index (κ2) is 5.00. The summed E-state index contributed by atoms with van der Waals surface area (Å²) in [7, 11) is 0. The molecule has 0 aliphatic heterocycles. The Labute approximate surface area is 114 Å². The van der Waals surface area contributed by atoms with Crippen molar-refractivity contribution < 1.29 is 9.05 Å². The molecular formula is C12H12N6O2. The Balaban J connectivity index is 1.75. The zero-order chi connectivity index (χ0) is 13.9. The predicted molar refractivity (Wildman–Crippen MR) is 71.1 cm³/mol. The van der Waals surface area contributed by atoms with Gasteiger partial charge in [0, 0.05) is 18.3 Å². The first kappa shape index (κ1) is 12.2. The highest BCUT2D eigenvalue weighted by molar-refractivity contribution is 5.55. The second-order valence-electron chi connectivity index (χ2n) is 4.16. The van der Waals surface area contributed by atoms with Gasteiger partial charge in [0.15, 0.2) is 11.6 Å². The van der Waals surface area contributed by atoms with Crippen LogP contribution in [0.5, 0.6) is 0 Å². The smallest absolute Gasteiger partial charge is 0.230 e. The molecule has 0 aliphatic rings. The molecule has 0 unspecified atom stereocenters. The lowest BCUT2D eigenvalue weighted by Crippen LogP contribution is -2.00. The van der Waals surface area contributed by atoms with Crippen molar-refractivity contribution in [2.45, 2.75) is 13.8 Å². The van der Waals surface area contributed by atoms with Crippen LogP contribution in [-0.2, 0) is 0 Å². The van der Waals surface area contributed by atoms with Gasteiger partial charge in [-0.05, 0) is 19.9 Å². The molecule has 102 valence electrons. The Bertz CT molecular complexity index is 663. The van der Waals surface area contributed by atoms with Crippen molar-refractivity contribution in [2.75, 3.05) is 10.6 Å². The maximum absolute atomic E-state index is 4.97. The van der Waals surface area contributed by atoms with Gasteiger partial charge >= 0.3 is 0 Å². The van der Waals surface area contributed by atoms with Gasteiger partial charge in [-0.25, -0.2) is 4.98 Å². The van der Waals surface area contributed by atoms with E-state index in [1.165, 1.54) is 0 Å². The van der Waals surface area contributed by atoms with Crippen LogP contribution >= 0.6 is 0 Å². The maximum Gasteiger partial charge on any atom is 0.230 e. The first-order valence-corrected chi connectivity index (χ1v) is 5.93. The molecule has 0 saturated carbocycles. The van der Waals surface area contributed by atoms with E-state index in [4.69, 9.17) is 9.05 Å². The summed E-state index contributed by atoms with van der Waals surface area (Å²) in [4.78, 5) is 8.39. The van der Waals surface area contributed by atoms with E-state index < -0.39 is 0 Å². The van der Waals surface area contributed by atoms with Gasteiger partial charge in [-0.2, -0.15) is 4.98 Å². The SMILES string of the molecule is Cc1cc(Nc2ccnc(Nc3cc(C)on3)n2)no1. The third-order valence-corrected chi connectivity index (χ3v) is 2.41. The van der Waals surface area contributed by atoms with Crippen LogP contribution < -0.4 is 10.6 Å². The van der Waals surface area contributed by atoms with Crippen LogP contribution in [0.2, 0.25) is 0 Å². The van der Waals surface area contributed by atoms with Crippen molar-refractivity contribution in [3.63, 3.8) is 0 Å². The number of nitrogens with zero attached hydrogens (tertiary/aromatic N) is 4. The number of aryl methyl sites for hydroxylation is 2. The van der Waals surface area contributed by atoms with Gasteiger partial charge in [0.1, 0.15) is 17.3 Å². The van der Waals surface area contributed by atoms with E-state index in [9.17, 15) is 0 Å². The van der Waals surface area contributed by atoms with Crippen LogP contribution in [0.3, 0.4) is 0 Å². The van der Waals surface area contributed by atoms with E-state index in [2.05, 4.69) is 30.9 Å². The summed E-state index contributed by atoms with van der Waals surface area (Å²) in [6.45, 7) is 3.63. The molecule has 3 aromatic rings. The summed E-state index contributed by atoms with van der Waals surface area (Å²) in [6.07, 6.45) is 1.62. The summed E-state index contributed by atoms with van der Waals surface area (Å²) in [5, 5.41) is 13.6. The Morgan fingerprint density at radius 1 is 0.900 bits per heavy atom. The molecule has 8 nitrogen and oxygen atoms in total. The van der Waals surface area contributed by atoms with Crippen LogP contribution in [0.1, 0.15) is 11.5 Å². The van der Waals surface area contributed by atoms with Crippen LogP contribution in [0, 0.1) is 13.8 Å². The average molecular weight is 272 g/mol. The van der Waals surface area contributed by atoms with Crippen LogP contribution in [-0.4, -0.2) is 20.3 Å². The van der Waals surface area contributed by atoms with Crippen LogP contribution in [0.15, 0.2) is 33.4 Å². The quantitative estimate of drug-likeness (QED) is 0.747. The van der Waals surface area contributed by atoms with E-state index in [0.29, 0.717) is 29.2 Å². The first-order valence-electron chi connectivity index (χ1n) is 5.93.